The Kier molecular flexibility index (Phi) is 6.26. The fourth-order valence-electron chi connectivity index (χ4n) is 4.96. The number of terminal acetylenes is 1. The summed E-state index contributed by atoms with van der Waals surface area (Å²) < 4.78 is 6.20. The third-order valence-corrected chi connectivity index (χ3v) is 7.68. The molecule has 6 rings (SSSR count). The molecule has 37 heavy (non-hydrogen) atoms. The lowest BCUT2D eigenvalue weighted by Gasteiger charge is -2.15. The summed E-state index contributed by atoms with van der Waals surface area (Å²) in [5, 5.41) is 5.54. The molecule has 0 radical (unpaired) electrons. The van der Waals surface area contributed by atoms with Crippen molar-refractivity contribution in [2.24, 2.45) is 5.92 Å². The minimum absolute atomic E-state index is 0.0268. The molecule has 5 heteroatoms. The summed E-state index contributed by atoms with van der Waals surface area (Å²) in [5.41, 5.74) is 6.69. The van der Waals surface area contributed by atoms with E-state index in [1.807, 2.05) is 18.2 Å². The molecule has 6 aromatic rings. The van der Waals surface area contributed by atoms with Gasteiger partial charge in [0.1, 0.15) is 10.8 Å². The molecule has 4 nitrogen and oxygen atoms in total. The molecule has 2 N–H and O–H groups in total. The molecule has 0 saturated carbocycles. The molecule has 0 amide bonds. The zero-order valence-electron chi connectivity index (χ0n) is 20.6. The van der Waals surface area contributed by atoms with Crippen LogP contribution in [0.2, 0.25) is 0 Å². The van der Waals surface area contributed by atoms with Crippen molar-refractivity contribution in [1.82, 2.24) is 15.0 Å². The van der Waals surface area contributed by atoms with E-state index in [-0.39, 0.29) is 11.8 Å². The van der Waals surface area contributed by atoms with E-state index in [0.29, 0.717) is 13.0 Å². The maximum atomic E-state index is 6.20. The lowest BCUT2D eigenvalue weighted by Crippen LogP contribution is -2.08. The number of nitrogens with zero attached hydrogens (tertiary/aromatic N) is 1. The highest BCUT2D eigenvalue weighted by Crippen LogP contribution is 2.41. The third-order valence-electron chi connectivity index (χ3n) is 6.79. The molecule has 0 aliphatic carbocycles. The van der Waals surface area contributed by atoms with Crippen LogP contribution in [0.25, 0.3) is 32.4 Å². The highest BCUT2D eigenvalue weighted by Gasteiger charge is 2.26. The van der Waals surface area contributed by atoms with E-state index in [1.54, 1.807) is 11.3 Å². The van der Waals surface area contributed by atoms with Crippen molar-refractivity contribution in [3.63, 3.8) is 0 Å². The van der Waals surface area contributed by atoms with Gasteiger partial charge in [-0.05, 0) is 35.4 Å². The van der Waals surface area contributed by atoms with Gasteiger partial charge in [0, 0.05) is 51.9 Å². The van der Waals surface area contributed by atoms with Crippen molar-refractivity contribution in [2.75, 3.05) is 6.61 Å². The van der Waals surface area contributed by atoms with Crippen LogP contribution in [0.1, 0.15) is 36.1 Å². The third kappa shape index (κ3) is 4.41. The Morgan fingerprint density at radius 2 is 1.51 bits per heavy atom. The molecule has 0 spiro atoms. The fraction of sp³-hybridized carbons (Fsp3) is 0.156. The first-order chi connectivity index (χ1) is 18.2. The van der Waals surface area contributed by atoms with Crippen molar-refractivity contribution < 1.29 is 4.74 Å². The molecule has 3 aromatic heterocycles. The van der Waals surface area contributed by atoms with E-state index in [0.717, 1.165) is 33.0 Å². The highest BCUT2D eigenvalue weighted by atomic mass is 32.1. The zero-order valence-corrected chi connectivity index (χ0v) is 21.4. The molecule has 1 unspecified atom stereocenters. The molecule has 182 valence electrons. The number of thiazole rings is 1. The average Bonchev–Trinajstić information content (AvgIpc) is 3.68. The van der Waals surface area contributed by atoms with E-state index >= 15 is 0 Å². The zero-order chi connectivity index (χ0) is 25.2. The standard InChI is InChI=1S/C32H27N3OS/c1-3-10-21(2)19-36-30-16-9-6-13-24(30)32-35-29(20-37-32)31(25-17-33-27-14-7-4-11-22(25)27)26-18-34-28-15-8-5-12-23(26)28/h1,4-9,11-18,20-21,31,33-34H,10,19H2,2H3. The van der Waals surface area contributed by atoms with Crippen LogP contribution in [-0.2, 0) is 0 Å². The number of aromatic amines is 2. The molecular formula is C32H27N3OS. The van der Waals surface area contributed by atoms with Crippen LogP contribution in [0.3, 0.4) is 0 Å². The van der Waals surface area contributed by atoms with Crippen molar-refractivity contribution in [3.8, 4) is 28.7 Å². The minimum Gasteiger partial charge on any atom is -0.493 e. The summed E-state index contributed by atoms with van der Waals surface area (Å²) in [6.07, 6.45) is 10.4. The van der Waals surface area contributed by atoms with Crippen LogP contribution in [0, 0.1) is 18.3 Å². The second-order valence-electron chi connectivity index (χ2n) is 9.41. The Balaban J connectivity index is 1.44. The smallest absolute Gasteiger partial charge is 0.129 e. The highest BCUT2D eigenvalue weighted by molar-refractivity contribution is 7.13. The second kappa shape index (κ2) is 10.0. The largest absolute Gasteiger partial charge is 0.493 e. The maximum Gasteiger partial charge on any atom is 0.129 e. The number of nitrogens with one attached hydrogen (secondary N) is 2. The van der Waals surface area contributed by atoms with E-state index in [4.69, 9.17) is 16.1 Å². The van der Waals surface area contributed by atoms with Crippen molar-refractivity contribution in [1.29, 1.82) is 0 Å². The molecule has 1 atom stereocenters. The van der Waals surface area contributed by atoms with E-state index in [1.165, 1.54) is 21.9 Å². The van der Waals surface area contributed by atoms with E-state index < -0.39 is 0 Å². The van der Waals surface area contributed by atoms with Gasteiger partial charge in [0.05, 0.1) is 23.8 Å². The van der Waals surface area contributed by atoms with Crippen LogP contribution in [-0.4, -0.2) is 21.6 Å². The van der Waals surface area contributed by atoms with Gasteiger partial charge in [-0.2, -0.15) is 0 Å². The maximum absolute atomic E-state index is 6.20. The van der Waals surface area contributed by atoms with E-state index in [9.17, 15) is 0 Å². The normalized spacial score (nSPS) is 12.2. The summed E-state index contributed by atoms with van der Waals surface area (Å²) in [7, 11) is 0. The number of para-hydroxylation sites is 3. The first kappa shape index (κ1) is 23.1. The summed E-state index contributed by atoms with van der Waals surface area (Å²) in [5.74, 6) is 3.82. The molecule has 3 heterocycles. The molecule has 0 fully saturated rings. The number of hydrogen-bond donors (Lipinski definition) is 2. The van der Waals surface area contributed by atoms with Gasteiger partial charge < -0.3 is 14.7 Å². The molecule has 0 saturated heterocycles. The van der Waals surface area contributed by atoms with Gasteiger partial charge in [-0.15, -0.1) is 23.7 Å². The fourth-order valence-corrected chi connectivity index (χ4v) is 5.83. The van der Waals surface area contributed by atoms with Crippen molar-refractivity contribution in [3.05, 3.63) is 107 Å². The van der Waals surface area contributed by atoms with Crippen LogP contribution < -0.4 is 4.74 Å². The van der Waals surface area contributed by atoms with Crippen molar-refractivity contribution >= 4 is 33.1 Å². The molecule has 0 bridgehead atoms. The van der Waals surface area contributed by atoms with Crippen LogP contribution >= 0.6 is 11.3 Å². The van der Waals surface area contributed by atoms with Gasteiger partial charge in [0.15, 0.2) is 0 Å². The number of aromatic nitrogens is 3. The summed E-state index contributed by atoms with van der Waals surface area (Å²) in [4.78, 5) is 12.1. The molecule has 0 aliphatic heterocycles. The Morgan fingerprint density at radius 3 is 2.19 bits per heavy atom. The first-order valence-corrected chi connectivity index (χ1v) is 13.3. The summed E-state index contributed by atoms with van der Waals surface area (Å²) >= 11 is 1.65. The quantitative estimate of drug-likeness (QED) is 0.208. The van der Waals surface area contributed by atoms with Gasteiger partial charge in [-0.1, -0.05) is 55.5 Å². The molecule has 0 aliphatic rings. The lowest BCUT2D eigenvalue weighted by atomic mass is 9.88. The number of H-pyrrole nitrogens is 2. The summed E-state index contributed by atoms with van der Waals surface area (Å²) in [6, 6.07) is 25.0. The van der Waals surface area contributed by atoms with Gasteiger partial charge in [0.25, 0.3) is 0 Å². The Morgan fingerprint density at radius 1 is 0.892 bits per heavy atom. The number of fused-ring (bicyclic) bond motifs is 2. The van der Waals surface area contributed by atoms with Gasteiger partial charge in [-0.25, -0.2) is 4.98 Å². The Labute approximate surface area is 220 Å². The van der Waals surface area contributed by atoms with Crippen molar-refractivity contribution in [2.45, 2.75) is 19.3 Å². The monoisotopic (exact) mass is 501 g/mol. The second-order valence-corrected chi connectivity index (χ2v) is 10.3. The predicted octanol–water partition coefficient (Wildman–Crippen LogP) is 7.99. The predicted molar refractivity (Wildman–Crippen MR) is 153 cm³/mol. The Bertz CT molecular complexity index is 1640. The van der Waals surface area contributed by atoms with Gasteiger partial charge in [-0.3, -0.25) is 0 Å². The molecular weight excluding hydrogens is 474 g/mol. The molecule has 3 aromatic carbocycles. The number of benzene rings is 3. The van der Waals surface area contributed by atoms with Crippen LogP contribution in [0.15, 0.2) is 90.6 Å². The van der Waals surface area contributed by atoms with Gasteiger partial charge >= 0.3 is 0 Å². The van der Waals surface area contributed by atoms with E-state index in [2.05, 4.69) is 95.2 Å². The lowest BCUT2D eigenvalue weighted by molar-refractivity contribution is 0.264. The minimum atomic E-state index is -0.0268. The average molecular weight is 502 g/mol. The number of rotatable bonds is 8. The Hall–Kier alpha value is -4.27. The van der Waals surface area contributed by atoms with Gasteiger partial charge in [0.2, 0.25) is 0 Å². The SMILES string of the molecule is C#CCC(C)COc1ccccc1-c1nc(C(c2c[nH]c3ccccc23)c2c[nH]c3ccccc23)cs1. The van der Waals surface area contributed by atoms with Crippen LogP contribution in [0.4, 0.5) is 0 Å². The number of ether oxygens (including phenoxy) is 1. The number of hydrogen-bond acceptors (Lipinski definition) is 3. The topological polar surface area (TPSA) is 53.7 Å². The first-order valence-electron chi connectivity index (χ1n) is 12.5. The van der Waals surface area contributed by atoms with Crippen LogP contribution in [0.5, 0.6) is 5.75 Å². The summed E-state index contributed by atoms with van der Waals surface area (Å²) in [6.45, 7) is 2.68.